The summed E-state index contributed by atoms with van der Waals surface area (Å²) in [6, 6.07) is -9.62. The van der Waals surface area contributed by atoms with E-state index in [4.69, 9.17) is 16.6 Å². The van der Waals surface area contributed by atoms with E-state index in [0.717, 1.165) is 0 Å². The molecule has 6 amide bonds. The van der Waals surface area contributed by atoms with Crippen molar-refractivity contribution in [2.24, 2.45) is 23.3 Å². The molecular formula is C35H60N8O13. The number of amides is 6. The Morgan fingerprint density at radius 2 is 1.34 bits per heavy atom. The first-order valence-electron chi connectivity index (χ1n) is 18.8. The lowest BCUT2D eigenvalue weighted by Gasteiger charge is -2.32. The van der Waals surface area contributed by atoms with Crippen LogP contribution in [0.3, 0.4) is 0 Å². The fourth-order valence-electron chi connectivity index (χ4n) is 5.99. The average molecular weight is 801 g/mol. The highest BCUT2D eigenvalue weighted by molar-refractivity contribution is 5.98. The highest BCUT2D eigenvalue weighted by Gasteiger charge is 2.40. The molecule has 0 unspecified atom stereocenters. The molecule has 0 spiro atoms. The van der Waals surface area contributed by atoms with Gasteiger partial charge in [-0.15, -0.1) is 0 Å². The van der Waals surface area contributed by atoms with E-state index in [1.807, 2.05) is 0 Å². The zero-order valence-corrected chi connectivity index (χ0v) is 32.5. The van der Waals surface area contributed by atoms with E-state index in [-0.39, 0.29) is 38.3 Å². The Kier molecular flexibility index (Phi) is 21.6. The summed E-state index contributed by atoms with van der Waals surface area (Å²) in [5.74, 6) is -9.87. The monoisotopic (exact) mass is 800 g/mol. The second-order valence-electron chi connectivity index (χ2n) is 14.4. The maximum absolute atomic E-state index is 14.1. The van der Waals surface area contributed by atoms with Crippen molar-refractivity contribution >= 4 is 53.4 Å². The van der Waals surface area contributed by atoms with Crippen molar-refractivity contribution in [1.82, 2.24) is 31.5 Å². The van der Waals surface area contributed by atoms with Crippen molar-refractivity contribution < 1.29 is 63.6 Å². The molecule has 8 atom stereocenters. The molecule has 0 aromatic heterocycles. The van der Waals surface area contributed by atoms with E-state index >= 15 is 0 Å². The maximum Gasteiger partial charge on any atom is 0.326 e. The molecule has 1 fully saturated rings. The van der Waals surface area contributed by atoms with Gasteiger partial charge in [-0.1, -0.05) is 34.1 Å². The molecule has 0 aromatic carbocycles. The Balaban J connectivity index is 3.35. The van der Waals surface area contributed by atoms with E-state index < -0.39 is 127 Å². The van der Waals surface area contributed by atoms with E-state index in [2.05, 4.69) is 26.6 Å². The normalized spacial score (nSPS) is 17.6. The molecule has 0 radical (unpaired) electrons. The predicted octanol–water partition coefficient (Wildman–Crippen LogP) is -2.63. The lowest BCUT2D eigenvalue weighted by atomic mass is 9.96. The van der Waals surface area contributed by atoms with Crippen LogP contribution in [0.4, 0.5) is 0 Å². The van der Waals surface area contributed by atoms with Crippen molar-refractivity contribution in [3.05, 3.63) is 0 Å². The molecule has 0 bridgehead atoms. The number of aliphatic hydroxyl groups excluding tert-OH is 1. The number of hydrogen-bond acceptors (Lipinski definition) is 12. The van der Waals surface area contributed by atoms with Crippen LogP contribution in [0.5, 0.6) is 0 Å². The van der Waals surface area contributed by atoms with Crippen LogP contribution in [0.1, 0.15) is 91.9 Å². The average Bonchev–Trinajstić information content (AvgIpc) is 3.63. The highest BCUT2D eigenvalue weighted by atomic mass is 16.4. The van der Waals surface area contributed by atoms with Gasteiger partial charge in [-0.3, -0.25) is 38.4 Å². The van der Waals surface area contributed by atoms with Crippen LogP contribution in [0.25, 0.3) is 0 Å². The summed E-state index contributed by atoms with van der Waals surface area (Å²) in [5.41, 5.74) is 11.1. The Hall–Kier alpha value is -4.89. The minimum atomic E-state index is -1.78. The number of nitrogens with two attached hydrogens (primary N) is 2. The minimum absolute atomic E-state index is 0.0211. The first-order chi connectivity index (χ1) is 26.3. The number of nitrogens with zero attached hydrogens (tertiary/aromatic N) is 1. The molecule has 13 N–H and O–H groups in total. The molecule has 1 saturated heterocycles. The van der Waals surface area contributed by atoms with Crippen molar-refractivity contribution in [2.45, 2.75) is 134 Å². The number of aliphatic carboxylic acids is 3. The zero-order valence-electron chi connectivity index (χ0n) is 32.5. The van der Waals surface area contributed by atoms with Gasteiger partial charge in [-0.05, 0) is 63.3 Å². The fourth-order valence-corrected chi connectivity index (χ4v) is 5.99. The van der Waals surface area contributed by atoms with Gasteiger partial charge in [0.05, 0.1) is 13.0 Å². The second kappa shape index (κ2) is 24.6. The van der Waals surface area contributed by atoms with Crippen LogP contribution >= 0.6 is 0 Å². The van der Waals surface area contributed by atoms with Crippen molar-refractivity contribution in [3.63, 3.8) is 0 Å². The summed E-state index contributed by atoms with van der Waals surface area (Å²) >= 11 is 0. The molecule has 1 heterocycles. The molecule has 0 aliphatic carbocycles. The van der Waals surface area contributed by atoms with E-state index in [1.54, 1.807) is 27.7 Å². The van der Waals surface area contributed by atoms with Crippen molar-refractivity contribution in [2.75, 3.05) is 19.7 Å². The number of rotatable bonds is 26. The van der Waals surface area contributed by atoms with Crippen LogP contribution in [-0.4, -0.2) is 141 Å². The van der Waals surface area contributed by atoms with Crippen molar-refractivity contribution in [1.29, 1.82) is 0 Å². The van der Waals surface area contributed by atoms with Crippen LogP contribution in [0.2, 0.25) is 0 Å². The quantitative estimate of drug-likeness (QED) is 0.0399. The van der Waals surface area contributed by atoms with Gasteiger partial charge in [0.15, 0.2) is 0 Å². The molecule has 1 aliphatic heterocycles. The SMILES string of the molecule is CC[C@H](C)[C@H](NC(=O)[C@@H]1CCCN1C(=O)[C@H](CCCCN)NC(=O)[C@H](CCC(=O)O)NC(=O)[C@H](CC(=O)O)NC(=O)[C@@H](N)CO)C(=O)N[C@@H](CC(C)C)C(=O)O. The lowest BCUT2D eigenvalue weighted by Crippen LogP contribution is -2.60. The molecular weight excluding hydrogens is 740 g/mol. The molecule has 21 nitrogen and oxygen atoms in total. The van der Waals surface area contributed by atoms with E-state index in [1.165, 1.54) is 4.90 Å². The number of carboxylic acids is 3. The highest BCUT2D eigenvalue weighted by Crippen LogP contribution is 2.21. The number of carbonyl (C=O) groups excluding carboxylic acids is 6. The number of hydrogen-bond donors (Lipinski definition) is 11. The van der Waals surface area contributed by atoms with Crippen LogP contribution in [0.15, 0.2) is 0 Å². The Bertz CT molecular complexity index is 1400. The molecule has 318 valence electrons. The van der Waals surface area contributed by atoms with Crippen LogP contribution < -0.4 is 38.1 Å². The molecule has 0 saturated carbocycles. The molecule has 21 heteroatoms. The van der Waals surface area contributed by atoms with Crippen LogP contribution in [0, 0.1) is 11.8 Å². The predicted molar refractivity (Wildman–Crippen MR) is 198 cm³/mol. The van der Waals surface area contributed by atoms with E-state index in [0.29, 0.717) is 25.7 Å². The van der Waals surface area contributed by atoms with Gasteiger partial charge in [0.2, 0.25) is 35.4 Å². The topological polar surface area (TPSA) is 350 Å². The van der Waals surface area contributed by atoms with Crippen molar-refractivity contribution in [3.8, 4) is 0 Å². The molecule has 0 aromatic rings. The Labute approximate surface area is 325 Å². The summed E-state index contributed by atoms with van der Waals surface area (Å²) in [6.07, 6.45) is -0.119. The number of likely N-dealkylation sites (tertiary alicyclic amines) is 1. The molecule has 56 heavy (non-hydrogen) atoms. The van der Waals surface area contributed by atoms with Gasteiger partial charge in [-0.25, -0.2) is 4.79 Å². The van der Waals surface area contributed by atoms with Gasteiger partial charge < -0.3 is 63.4 Å². The molecule has 1 rings (SSSR count). The lowest BCUT2D eigenvalue weighted by molar-refractivity contribution is -0.144. The van der Waals surface area contributed by atoms with Crippen LogP contribution in [-0.2, 0) is 43.2 Å². The summed E-state index contributed by atoms with van der Waals surface area (Å²) in [7, 11) is 0. The van der Waals surface area contributed by atoms with Gasteiger partial charge in [0.25, 0.3) is 0 Å². The second-order valence-corrected chi connectivity index (χ2v) is 14.4. The standard InChI is InChI=1S/C35H60N8O13/c1-5-19(4)28(33(53)41-24(35(55)56)15-18(2)3)42-32(52)25-10-8-14-43(25)34(54)22(9-6-7-13-36)39-30(50)21(11-12-26(45)46)38-31(51)23(16-27(47)48)40-29(49)20(37)17-44/h18-25,28,44H,5-17,36-37H2,1-4H3,(H,38,51)(H,39,50)(H,40,49)(H,41,53)(H,42,52)(H,45,46)(H,47,48)(H,55,56)/t19-,20-,21-,22-,23-,24-,25-,28-/m0/s1. The minimum Gasteiger partial charge on any atom is -0.481 e. The number of nitrogens with one attached hydrogen (secondary N) is 5. The largest absolute Gasteiger partial charge is 0.481 e. The number of aliphatic hydroxyl groups is 1. The third-order valence-electron chi connectivity index (χ3n) is 9.34. The Morgan fingerprint density at radius 1 is 0.750 bits per heavy atom. The first-order valence-corrected chi connectivity index (χ1v) is 18.8. The molecule has 1 aliphatic rings. The third-order valence-corrected chi connectivity index (χ3v) is 9.34. The maximum atomic E-state index is 14.1. The summed E-state index contributed by atoms with van der Waals surface area (Å²) in [5, 5.41) is 49.5. The third kappa shape index (κ3) is 16.5. The van der Waals surface area contributed by atoms with Gasteiger partial charge in [0.1, 0.15) is 42.3 Å². The van der Waals surface area contributed by atoms with Gasteiger partial charge in [-0.2, -0.15) is 0 Å². The summed E-state index contributed by atoms with van der Waals surface area (Å²) in [6.45, 7) is 6.63. The smallest absolute Gasteiger partial charge is 0.326 e. The number of carbonyl (C=O) groups is 9. The number of unbranched alkanes of at least 4 members (excludes halogenated alkanes) is 1. The Morgan fingerprint density at radius 3 is 1.88 bits per heavy atom. The number of carboxylic acid groups (broad SMARTS) is 3. The summed E-state index contributed by atoms with van der Waals surface area (Å²) < 4.78 is 0. The van der Waals surface area contributed by atoms with Gasteiger partial charge in [0, 0.05) is 13.0 Å². The first kappa shape index (κ1) is 49.1. The zero-order chi connectivity index (χ0) is 42.7. The van der Waals surface area contributed by atoms with Gasteiger partial charge >= 0.3 is 17.9 Å². The van der Waals surface area contributed by atoms with E-state index in [9.17, 15) is 58.5 Å². The summed E-state index contributed by atoms with van der Waals surface area (Å²) in [4.78, 5) is 116. The fraction of sp³-hybridized carbons (Fsp3) is 0.743.